The van der Waals surface area contributed by atoms with Crippen LogP contribution < -0.4 is 0 Å². The standard InChI is InChI=1S/C10H9NO2S/c1-6-7(2-3-14-6)8-4-11-5-9(8)10(12)13/h2-5,11H,1H3,(H,12,13). The molecule has 0 amide bonds. The van der Waals surface area contributed by atoms with Gasteiger partial charge in [0.05, 0.1) is 5.56 Å². The zero-order chi connectivity index (χ0) is 10.1. The lowest BCUT2D eigenvalue weighted by Gasteiger charge is -1.98. The van der Waals surface area contributed by atoms with Crippen LogP contribution >= 0.6 is 11.3 Å². The van der Waals surface area contributed by atoms with Crippen LogP contribution in [0, 0.1) is 6.92 Å². The van der Waals surface area contributed by atoms with Gasteiger partial charge in [-0.3, -0.25) is 0 Å². The Morgan fingerprint density at radius 1 is 1.43 bits per heavy atom. The van der Waals surface area contributed by atoms with Gasteiger partial charge in [0, 0.05) is 22.8 Å². The zero-order valence-electron chi connectivity index (χ0n) is 7.57. The highest BCUT2D eigenvalue weighted by Gasteiger charge is 2.14. The van der Waals surface area contributed by atoms with Crippen LogP contribution in [0.3, 0.4) is 0 Å². The van der Waals surface area contributed by atoms with E-state index in [1.807, 2.05) is 18.4 Å². The molecule has 0 saturated carbocycles. The minimum atomic E-state index is -0.896. The molecule has 0 aliphatic carbocycles. The number of carboxylic acids is 1. The van der Waals surface area contributed by atoms with Gasteiger partial charge < -0.3 is 10.1 Å². The second-order valence-corrected chi connectivity index (χ2v) is 4.10. The number of H-pyrrole nitrogens is 1. The van der Waals surface area contributed by atoms with Crippen molar-refractivity contribution in [2.24, 2.45) is 0 Å². The Bertz CT molecular complexity index is 470. The van der Waals surface area contributed by atoms with Crippen molar-refractivity contribution >= 4 is 17.3 Å². The molecule has 0 aliphatic rings. The van der Waals surface area contributed by atoms with Crippen LogP contribution in [0.2, 0.25) is 0 Å². The number of rotatable bonds is 2. The van der Waals surface area contributed by atoms with Gasteiger partial charge in [-0.1, -0.05) is 0 Å². The fraction of sp³-hybridized carbons (Fsp3) is 0.100. The van der Waals surface area contributed by atoms with E-state index in [1.54, 1.807) is 17.5 Å². The number of hydrogen-bond donors (Lipinski definition) is 2. The summed E-state index contributed by atoms with van der Waals surface area (Å²) in [5.74, 6) is -0.896. The summed E-state index contributed by atoms with van der Waals surface area (Å²) in [4.78, 5) is 14.8. The number of carboxylic acid groups (broad SMARTS) is 1. The zero-order valence-corrected chi connectivity index (χ0v) is 8.39. The number of hydrogen-bond acceptors (Lipinski definition) is 2. The van der Waals surface area contributed by atoms with Crippen molar-refractivity contribution < 1.29 is 9.90 Å². The summed E-state index contributed by atoms with van der Waals surface area (Å²) in [6.07, 6.45) is 3.23. The lowest BCUT2D eigenvalue weighted by molar-refractivity contribution is 0.0698. The van der Waals surface area contributed by atoms with Gasteiger partial charge in [0.1, 0.15) is 0 Å². The molecule has 0 spiro atoms. The van der Waals surface area contributed by atoms with E-state index in [-0.39, 0.29) is 0 Å². The van der Waals surface area contributed by atoms with Crippen molar-refractivity contribution in [2.75, 3.05) is 0 Å². The average Bonchev–Trinajstić information content (AvgIpc) is 2.70. The Balaban J connectivity index is 2.57. The molecular formula is C10H9NO2S. The molecule has 0 aliphatic heterocycles. The number of aromatic amines is 1. The molecule has 2 aromatic heterocycles. The van der Waals surface area contributed by atoms with E-state index in [4.69, 9.17) is 5.11 Å². The summed E-state index contributed by atoms with van der Waals surface area (Å²) < 4.78 is 0. The molecule has 14 heavy (non-hydrogen) atoms. The van der Waals surface area contributed by atoms with Gasteiger partial charge in [-0.25, -0.2) is 4.79 Å². The quantitative estimate of drug-likeness (QED) is 0.795. The maximum absolute atomic E-state index is 10.9. The second kappa shape index (κ2) is 3.31. The van der Waals surface area contributed by atoms with Gasteiger partial charge in [-0.05, 0) is 23.9 Å². The minimum absolute atomic E-state index is 0.325. The smallest absolute Gasteiger partial charge is 0.337 e. The highest BCUT2D eigenvalue weighted by Crippen LogP contribution is 2.29. The van der Waals surface area contributed by atoms with Gasteiger partial charge in [-0.2, -0.15) is 0 Å². The van der Waals surface area contributed by atoms with Crippen LogP contribution in [-0.4, -0.2) is 16.1 Å². The summed E-state index contributed by atoms with van der Waals surface area (Å²) >= 11 is 1.62. The third-order valence-corrected chi connectivity index (χ3v) is 2.97. The summed E-state index contributed by atoms with van der Waals surface area (Å²) in [6.45, 7) is 1.98. The maximum Gasteiger partial charge on any atom is 0.337 e. The molecular weight excluding hydrogens is 198 g/mol. The van der Waals surface area contributed by atoms with E-state index < -0.39 is 5.97 Å². The first-order valence-electron chi connectivity index (χ1n) is 4.14. The van der Waals surface area contributed by atoms with Crippen molar-refractivity contribution in [3.05, 3.63) is 34.3 Å². The summed E-state index contributed by atoms with van der Waals surface area (Å²) in [7, 11) is 0. The second-order valence-electron chi connectivity index (χ2n) is 2.98. The average molecular weight is 207 g/mol. The van der Waals surface area contributed by atoms with Crippen LogP contribution in [0.4, 0.5) is 0 Å². The third-order valence-electron chi connectivity index (χ3n) is 2.12. The van der Waals surface area contributed by atoms with Crippen LogP contribution in [0.5, 0.6) is 0 Å². The predicted molar refractivity (Wildman–Crippen MR) is 55.8 cm³/mol. The Kier molecular flexibility index (Phi) is 2.13. The van der Waals surface area contributed by atoms with Gasteiger partial charge in [0.2, 0.25) is 0 Å². The van der Waals surface area contributed by atoms with Crippen molar-refractivity contribution in [3.8, 4) is 11.1 Å². The number of aromatic nitrogens is 1. The highest BCUT2D eigenvalue weighted by molar-refractivity contribution is 7.10. The van der Waals surface area contributed by atoms with Crippen molar-refractivity contribution in [1.82, 2.24) is 4.98 Å². The normalized spacial score (nSPS) is 10.4. The predicted octanol–water partition coefficient (Wildman–Crippen LogP) is 2.75. The fourth-order valence-corrected chi connectivity index (χ4v) is 2.14. The SMILES string of the molecule is Cc1sccc1-c1c[nH]cc1C(=O)O. The number of nitrogens with one attached hydrogen (secondary N) is 1. The van der Waals surface area contributed by atoms with Crippen molar-refractivity contribution in [2.45, 2.75) is 6.92 Å². The van der Waals surface area contributed by atoms with Crippen LogP contribution in [-0.2, 0) is 0 Å². The molecule has 0 saturated heterocycles. The van der Waals surface area contributed by atoms with E-state index in [0.717, 1.165) is 16.0 Å². The molecule has 2 N–H and O–H groups in total. The fourth-order valence-electron chi connectivity index (χ4n) is 1.43. The molecule has 3 nitrogen and oxygen atoms in total. The summed E-state index contributed by atoms with van der Waals surface area (Å²) in [5.41, 5.74) is 2.08. The minimum Gasteiger partial charge on any atom is -0.478 e. The molecule has 0 atom stereocenters. The number of aromatic carboxylic acids is 1. The lowest BCUT2D eigenvalue weighted by Crippen LogP contribution is -1.95. The van der Waals surface area contributed by atoms with E-state index in [2.05, 4.69) is 4.98 Å². The lowest BCUT2D eigenvalue weighted by atomic mass is 10.1. The van der Waals surface area contributed by atoms with Crippen LogP contribution in [0.25, 0.3) is 11.1 Å². The van der Waals surface area contributed by atoms with Gasteiger partial charge in [0.25, 0.3) is 0 Å². The van der Waals surface area contributed by atoms with E-state index in [0.29, 0.717) is 5.56 Å². The molecule has 2 heterocycles. The number of thiophene rings is 1. The molecule has 2 rings (SSSR count). The largest absolute Gasteiger partial charge is 0.478 e. The molecule has 0 radical (unpaired) electrons. The number of carbonyl (C=O) groups is 1. The summed E-state index contributed by atoms with van der Waals surface area (Å²) in [5, 5.41) is 10.9. The molecule has 72 valence electrons. The third kappa shape index (κ3) is 1.33. The molecule has 2 aromatic rings. The monoisotopic (exact) mass is 207 g/mol. The van der Waals surface area contributed by atoms with Gasteiger partial charge in [0.15, 0.2) is 0 Å². The first-order valence-corrected chi connectivity index (χ1v) is 5.02. The van der Waals surface area contributed by atoms with Crippen LogP contribution in [0.15, 0.2) is 23.8 Å². The molecule has 4 heteroatoms. The molecule has 0 aromatic carbocycles. The van der Waals surface area contributed by atoms with Gasteiger partial charge in [-0.15, -0.1) is 11.3 Å². The van der Waals surface area contributed by atoms with Gasteiger partial charge >= 0.3 is 5.97 Å². The molecule has 0 fully saturated rings. The Morgan fingerprint density at radius 2 is 2.21 bits per heavy atom. The van der Waals surface area contributed by atoms with Crippen molar-refractivity contribution in [1.29, 1.82) is 0 Å². The molecule has 0 unspecified atom stereocenters. The highest BCUT2D eigenvalue weighted by atomic mass is 32.1. The topological polar surface area (TPSA) is 53.1 Å². The van der Waals surface area contributed by atoms with E-state index in [9.17, 15) is 4.79 Å². The van der Waals surface area contributed by atoms with Crippen molar-refractivity contribution in [3.63, 3.8) is 0 Å². The Morgan fingerprint density at radius 3 is 2.79 bits per heavy atom. The Hall–Kier alpha value is -1.55. The first-order chi connectivity index (χ1) is 6.70. The molecule has 0 bridgehead atoms. The maximum atomic E-state index is 10.9. The van der Waals surface area contributed by atoms with E-state index in [1.165, 1.54) is 6.20 Å². The first kappa shape index (κ1) is 9.02. The van der Waals surface area contributed by atoms with E-state index >= 15 is 0 Å². The summed E-state index contributed by atoms with van der Waals surface area (Å²) in [6, 6.07) is 1.94. The number of aryl methyl sites for hydroxylation is 1. The van der Waals surface area contributed by atoms with Crippen LogP contribution in [0.1, 0.15) is 15.2 Å². The Labute approximate surface area is 85.0 Å².